The zero-order valence-electron chi connectivity index (χ0n) is 11.6. The van der Waals surface area contributed by atoms with Crippen molar-refractivity contribution < 1.29 is 19.1 Å². The Balaban J connectivity index is 2.40. The highest BCUT2D eigenvalue weighted by molar-refractivity contribution is 5.97. The van der Waals surface area contributed by atoms with E-state index in [9.17, 15) is 14.0 Å². The van der Waals surface area contributed by atoms with E-state index in [-0.39, 0.29) is 37.2 Å². The van der Waals surface area contributed by atoms with Crippen LogP contribution in [0.25, 0.3) is 0 Å². The van der Waals surface area contributed by atoms with Crippen LogP contribution in [0.1, 0.15) is 43.0 Å². The number of halogens is 1. The van der Waals surface area contributed by atoms with Crippen molar-refractivity contribution in [2.24, 2.45) is 0 Å². The van der Waals surface area contributed by atoms with Crippen molar-refractivity contribution in [1.29, 1.82) is 0 Å². The lowest BCUT2D eigenvalue weighted by atomic mass is 10.1. The standard InChI is InChI=1S/C15H20FNO3/c1-2-13(9-10-18)17-15(20)8-7-14(19)11-3-5-12(16)6-4-11/h3-6,13,18H,2,7-10H2,1H3,(H,17,20). The normalized spacial score (nSPS) is 11.9. The molecule has 0 heterocycles. The van der Waals surface area contributed by atoms with Gasteiger partial charge in [-0.2, -0.15) is 0 Å². The van der Waals surface area contributed by atoms with Crippen LogP contribution in [-0.2, 0) is 4.79 Å². The Bertz CT molecular complexity index is 445. The molecule has 1 rings (SSSR count). The fourth-order valence-electron chi connectivity index (χ4n) is 1.84. The van der Waals surface area contributed by atoms with Gasteiger partial charge in [0.15, 0.2) is 5.78 Å². The fraction of sp³-hybridized carbons (Fsp3) is 0.467. The highest BCUT2D eigenvalue weighted by atomic mass is 19.1. The highest BCUT2D eigenvalue weighted by Crippen LogP contribution is 2.07. The fourth-order valence-corrected chi connectivity index (χ4v) is 1.84. The number of ketones is 1. The molecule has 0 saturated carbocycles. The molecule has 0 aliphatic carbocycles. The average molecular weight is 281 g/mol. The Morgan fingerprint density at radius 2 is 1.90 bits per heavy atom. The second kappa shape index (κ2) is 8.43. The summed E-state index contributed by atoms with van der Waals surface area (Å²) in [5, 5.41) is 11.6. The summed E-state index contributed by atoms with van der Waals surface area (Å²) in [5.41, 5.74) is 0.404. The molecule has 0 spiro atoms. The molecule has 1 unspecified atom stereocenters. The number of carbonyl (C=O) groups excluding carboxylic acids is 2. The van der Waals surface area contributed by atoms with Crippen LogP contribution in [0.5, 0.6) is 0 Å². The quantitative estimate of drug-likeness (QED) is 0.717. The van der Waals surface area contributed by atoms with E-state index < -0.39 is 5.82 Å². The van der Waals surface area contributed by atoms with E-state index in [0.29, 0.717) is 12.0 Å². The van der Waals surface area contributed by atoms with E-state index >= 15 is 0 Å². The van der Waals surface area contributed by atoms with Gasteiger partial charge in [-0.05, 0) is 37.1 Å². The van der Waals surface area contributed by atoms with Crippen LogP contribution in [-0.4, -0.2) is 29.4 Å². The number of carbonyl (C=O) groups is 2. The lowest BCUT2D eigenvalue weighted by Gasteiger charge is -2.15. The van der Waals surface area contributed by atoms with Crippen LogP contribution < -0.4 is 5.32 Å². The van der Waals surface area contributed by atoms with Crippen molar-refractivity contribution in [3.8, 4) is 0 Å². The first-order valence-corrected chi connectivity index (χ1v) is 6.75. The summed E-state index contributed by atoms with van der Waals surface area (Å²) in [6, 6.07) is 5.21. The van der Waals surface area contributed by atoms with Crippen molar-refractivity contribution in [1.82, 2.24) is 5.32 Å². The van der Waals surface area contributed by atoms with Gasteiger partial charge < -0.3 is 10.4 Å². The summed E-state index contributed by atoms with van der Waals surface area (Å²) in [6.07, 6.45) is 1.43. The monoisotopic (exact) mass is 281 g/mol. The van der Waals surface area contributed by atoms with E-state index in [4.69, 9.17) is 5.11 Å². The average Bonchev–Trinajstić information content (AvgIpc) is 2.45. The van der Waals surface area contributed by atoms with Gasteiger partial charge >= 0.3 is 0 Å². The lowest BCUT2D eigenvalue weighted by molar-refractivity contribution is -0.121. The van der Waals surface area contributed by atoms with Crippen LogP contribution in [0, 0.1) is 5.82 Å². The smallest absolute Gasteiger partial charge is 0.220 e. The molecule has 5 heteroatoms. The zero-order valence-corrected chi connectivity index (χ0v) is 11.6. The Morgan fingerprint density at radius 3 is 2.45 bits per heavy atom. The number of aliphatic hydroxyl groups is 1. The molecule has 0 fully saturated rings. The van der Waals surface area contributed by atoms with E-state index in [1.807, 2.05) is 6.92 Å². The summed E-state index contributed by atoms with van der Waals surface area (Å²) < 4.78 is 12.7. The Labute approximate surface area is 118 Å². The Hall–Kier alpha value is -1.75. The first kappa shape index (κ1) is 16.3. The molecule has 110 valence electrons. The minimum atomic E-state index is -0.394. The Morgan fingerprint density at radius 1 is 1.25 bits per heavy atom. The molecule has 1 atom stereocenters. The van der Waals surface area contributed by atoms with Crippen LogP contribution in [0.2, 0.25) is 0 Å². The minimum Gasteiger partial charge on any atom is -0.396 e. The van der Waals surface area contributed by atoms with Crippen LogP contribution in [0.3, 0.4) is 0 Å². The van der Waals surface area contributed by atoms with Crippen molar-refractivity contribution in [2.45, 2.75) is 38.6 Å². The molecule has 2 N–H and O–H groups in total. The molecular formula is C15H20FNO3. The van der Waals surface area contributed by atoms with E-state index in [1.165, 1.54) is 24.3 Å². The second-order valence-electron chi connectivity index (χ2n) is 4.62. The predicted molar refractivity (Wildman–Crippen MR) is 73.9 cm³/mol. The summed E-state index contributed by atoms with van der Waals surface area (Å²) >= 11 is 0. The lowest BCUT2D eigenvalue weighted by Crippen LogP contribution is -2.35. The molecule has 1 aromatic rings. The molecule has 0 radical (unpaired) electrons. The number of aliphatic hydroxyl groups excluding tert-OH is 1. The number of amides is 1. The molecule has 1 aromatic carbocycles. The molecule has 20 heavy (non-hydrogen) atoms. The largest absolute Gasteiger partial charge is 0.396 e. The number of nitrogens with one attached hydrogen (secondary N) is 1. The molecular weight excluding hydrogens is 261 g/mol. The van der Waals surface area contributed by atoms with Crippen LogP contribution in [0.4, 0.5) is 4.39 Å². The van der Waals surface area contributed by atoms with Crippen molar-refractivity contribution in [3.05, 3.63) is 35.6 Å². The highest BCUT2D eigenvalue weighted by Gasteiger charge is 2.12. The van der Waals surface area contributed by atoms with Gasteiger partial charge in [0.1, 0.15) is 5.82 Å². The number of rotatable bonds is 8. The van der Waals surface area contributed by atoms with Crippen LogP contribution >= 0.6 is 0 Å². The van der Waals surface area contributed by atoms with Gasteiger partial charge in [0, 0.05) is 31.1 Å². The summed E-state index contributed by atoms with van der Waals surface area (Å²) in [5.74, 6) is -0.787. The maximum absolute atomic E-state index is 12.7. The summed E-state index contributed by atoms with van der Waals surface area (Å²) in [6.45, 7) is 1.94. The van der Waals surface area contributed by atoms with Gasteiger partial charge in [0.25, 0.3) is 0 Å². The topological polar surface area (TPSA) is 66.4 Å². The summed E-state index contributed by atoms with van der Waals surface area (Å²) in [4.78, 5) is 23.5. The van der Waals surface area contributed by atoms with Crippen molar-refractivity contribution in [2.75, 3.05) is 6.61 Å². The maximum atomic E-state index is 12.7. The number of hydrogen-bond acceptors (Lipinski definition) is 3. The molecule has 1 amide bonds. The Kier molecular flexibility index (Phi) is 6.87. The van der Waals surface area contributed by atoms with Crippen molar-refractivity contribution >= 4 is 11.7 Å². The van der Waals surface area contributed by atoms with Gasteiger partial charge in [0.05, 0.1) is 0 Å². The first-order chi connectivity index (χ1) is 9.56. The maximum Gasteiger partial charge on any atom is 0.220 e. The summed E-state index contributed by atoms with van der Waals surface area (Å²) in [7, 11) is 0. The van der Waals surface area contributed by atoms with E-state index in [0.717, 1.165) is 6.42 Å². The molecule has 0 bridgehead atoms. The molecule has 0 aliphatic rings. The first-order valence-electron chi connectivity index (χ1n) is 6.75. The zero-order chi connectivity index (χ0) is 15.0. The molecule has 0 aliphatic heterocycles. The number of hydrogen-bond donors (Lipinski definition) is 2. The van der Waals surface area contributed by atoms with Gasteiger partial charge in [0.2, 0.25) is 5.91 Å². The van der Waals surface area contributed by atoms with Gasteiger partial charge in [-0.15, -0.1) is 0 Å². The minimum absolute atomic E-state index is 0.0211. The van der Waals surface area contributed by atoms with E-state index in [2.05, 4.69) is 5.32 Å². The number of Topliss-reactive ketones (excluding diaryl/α,β-unsaturated/α-hetero) is 1. The SMILES string of the molecule is CCC(CCO)NC(=O)CCC(=O)c1ccc(F)cc1. The number of benzene rings is 1. The van der Waals surface area contributed by atoms with Gasteiger partial charge in [-0.3, -0.25) is 9.59 Å². The molecule has 0 aromatic heterocycles. The third-order valence-corrected chi connectivity index (χ3v) is 3.08. The second-order valence-corrected chi connectivity index (χ2v) is 4.62. The van der Waals surface area contributed by atoms with Gasteiger partial charge in [-0.25, -0.2) is 4.39 Å². The third kappa shape index (κ3) is 5.48. The third-order valence-electron chi connectivity index (χ3n) is 3.08. The molecule has 4 nitrogen and oxygen atoms in total. The van der Waals surface area contributed by atoms with Gasteiger partial charge in [-0.1, -0.05) is 6.92 Å². The predicted octanol–water partition coefficient (Wildman–Crippen LogP) is 2.07. The van der Waals surface area contributed by atoms with Crippen molar-refractivity contribution in [3.63, 3.8) is 0 Å². The molecule has 0 saturated heterocycles. The van der Waals surface area contributed by atoms with Crippen LogP contribution in [0.15, 0.2) is 24.3 Å². The van der Waals surface area contributed by atoms with E-state index in [1.54, 1.807) is 0 Å².